The number of hydrogen-bond donors (Lipinski definition) is 2. The van der Waals surface area contributed by atoms with Crippen LogP contribution >= 0.6 is 0 Å². The Bertz CT molecular complexity index is 716. The van der Waals surface area contributed by atoms with Gasteiger partial charge in [-0.05, 0) is 76.8 Å². The zero-order valence-corrected chi connectivity index (χ0v) is 20.0. The molecule has 3 aliphatic carbocycles. The third kappa shape index (κ3) is 5.61. The summed E-state index contributed by atoms with van der Waals surface area (Å²) < 4.78 is 12.1. The lowest BCUT2D eigenvalue weighted by molar-refractivity contribution is -0.134. The first-order valence-electron chi connectivity index (χ1n) is 12.6. The van der Waals surface area contributed by atoms with Crippen LogP contribution in [0.25, 0.3) is 0 Å². The van der Waals surface area contributed by atoms with Gasteiger partial charge in [0.1, 0.15) is 0 Å². The van der Waals surface area contributed by atoms with Crippen LogP contribution in [-0.4, -0.2) is 74.4 Å². The predicted octanol–water partition coefficient (Wildman–Crippen LogP) is 2.54. The summed E-state index contributed by atoms with van der Waals surface area (Å²) in [5, 5.41) is 5.74. The number of rotatable bonds is 9. The van der Waals surface area contributed by atoms with Crippen LogP contribution in [0.2, 0.25) is 0 Å². The van der Waals surface area contributed by atoms with Gasteiger partial charge in [0, 0.05) is 39.1 Å². The second-order valence-electron chi connectivity index (χ2n) is 10.4. The van der Waals surface area contributed by atoms with Crippen molar-refractivity contribution in [1.82, 2.24) is 15.5 Å². The van der Waals surface area contributed by atoms with Crippen molar-refractivity contribution >= 4 is 11.8 Å². The van der Waals surface area contributed by atoms with Gasteiger partial charge in [-0.2, -0.15) is 0 Å². The van der Waals surface area contributed by atoms with Crippen molar-refractivity contribution in [3.63, 3.8) is 0 Å². The Labute approximate surface area is 192 Å². The molecular weight excluding hydrogens is 406 g/mol. The molecule has 180 valence electrons. The number of carbonyl (C=O) groups excluding carboxylic acids is 2. The Kier molecular flexibility index (Phi) is 8.03. The molecule has 3 fully saturated rings. The maximum absolute atomic E-state index is 11.9. The molecule has 2 amide bonds. The van der Waals surface area contributed by atoms with E-state index in [-0.39, 0.29) is 24.0 Å². The lowest BCUT2D eigenvalue weighted by Crippen LogP contribution is -2.51. The van der Waals surface area contributed by atoms with Gasteiger partial charge in [-0.3, -0.25) is 14.9 Å². The quantitative estimate of drug-likeness (QED) is 0.418. The molecule has 4 rings (SSSR count). The normalized spacial score (nSPS) is 35.9. The summed E-state index contributed by atoms with van der Waals surface area (Å²) in [6.07, 6.45) is 11.5. The number of nitrogens with zero attached hydrogens (tertiary/aromatic N) is 1. The Morgan fingerprint density at radius 3 is 2.56 bits per heavy atom. The Morgan fingerprint density at radius 1 is 1.09 bits per heavy atom. The van der Waals surface area contributed by atoms with Crippen LogP contribution in [0.15, 0.2) is 11.1 Å². The van der Waals surface area contributed by atoms with Gasteiger partial charge in [0.2, 0.25) is 11.8 Å². The molecule has 0 radical (unpaired) electrons. The van der Waals surface area contributed by atoms with Crippen molar-refractivity contribution < 1.29 is 19.1 Å². The molecule has 4 atom stereocenters. The topological polar surface area (TPSA) is 79.9 Å². The molecule has 1 aliphatic heterocycles. The van der Waals surface area contributed by atoms with Crippen LogP contribution in [0.5, 0.6) is 0 Å². The van der Waals surface area contributed by atoms with E-state index in [0.29, 0.717) is 37.6 Å². The molecule has 2 saturated carbocycles. The van der Waals surface area contributed by atoms with E-state index in [2.05, 4.69) is 29.5 Å². The molecule has 4 aliphatic rings. The highest BCUT2D eigenvalue weighted by Gasteiger charge is 2.37. The number of ether oxygens (including phenoxy) is 2. The standard InChI is InChI=1S/C25H41N3O4/c1-16-18(14-26-20-11-12-24(29)27-25(20)30)13-23(16)32-22-6-4-5-21(22)28(2)15-17-7-9-19(31-3)10-8-17/h17,19-23,26H,4-15H2,1-3H3,(H,27,29,30)/t17?,19?,20?,21-,22-,23+/m0/s1. The van der Waals surface area contributed by atoms with Crippen molar-refractivity contribution in [1.29, 1.82) is 0 Å². The summed E-state index contributed by atoms with van der Waals surface area (Å²) in [5.74, 6) is 0.418. The zero-order valence-electron chi connectivity index (χ0n) is 20.0. The van der Waals surface area contributed by atoms with Gasteiger partial charge in [0.15, 0.2) is 0 Å². The third-order valence-electron chi connectivity index (χ3n) is 8.27. The number of piperidine rings is 1. The summed E-state index contributed by atoms with van der Waals surface area (Å²) in [5.41, 5.74) is 2.66. The minimum atomic E-state index is -0.264. The summed E-state index contributed by atoms with van der Waals surface area (Å²) in [6.45, 7) is 4.04. The average Bonchev–Trinajstić information content (AvgIpc) is 3.25. The van der Waals surface area contributed by atoms with Gasteiger partial charge in [0.05, 0.1) is 24.4 Å². The largest absolute Gasteiger partial charge is 0.381 e. The molecule has 0 aromatic carbocycles. The Hall–Kier alpha value is -1.28. The highest BCUT2D eigenvalue weighted by Crippen LogP contribution is 2.36. The smallest absolute Gasteiger partial charge is 0.243 e. The van der Waals surface area contributed by atoms with Crippen LogP contribution in [0.4, 0.5) is 0 Å². The van der Waals surface area contributed by atoms with Gasteiger partial charge in [0.25, 0.3) is 0 Å². The summed E-state index contributed by atoms with van der Waals surface area (Å²) in [6, 6.07) is 0.258. The van der Waals surface area contributed by atoms with Crippen molar-refractivity contribution in [3.05, 3.63) is 11.1 Å². The van der Waals surface area contributed by atoms with E-state index in [0.717, 1.165) is 18.8 Å². The van der Waals surface area contributed by atoms with E-state index < -0.39 is 0 Å². The number of hydrogen-bond acceptors (Lipinski definition) is 6. The van der Waals surface area contributed by atoms with E-state index in [1.54, 1.807) is 0 Å². The second kappa shape index (κ2) is 10.8. The fourth-order valence-corrected chi connectivity index (χ4v) is 6.00. The van der Waals surface area contributed by atoms with Gasteiger partial charge in [-0.25, -0.2) is 0 Å². The van der Waals surface area contributed by atoms with Crippen molar-refractivity contribution in [3.8, 4) is 0 Å². The first-order valence-corrected chi connectivity index (χ1v) is 12.6. The number of likely N-dealkylation sites (N-methyl/N-ethyl adjacent to an activating group) is 1. The highest BCUT2D eigenvalue weighted by atomic mass is 16.5. The molecule has 0 aromatic heterocycles. The fourth-order valence-electron chi connectivity index (χ4n) is 6.00. The van der Waals surface area contributed by atoms with Gasteiger partial charge in [-0.1, -0.05) is 5.57 Å². The lowest BCUT2D eigenvalue weighted by atomic mass is 9.85. The Balaban J connectivity index is 1.22. The monoisotopic (exact) mass is 447 g/mol. The van der Waals surface area contributed by atoms with Crippen molar-refractivity contribution in [2.45, 2.75) is 102 Å². The Morgan fingerprint density at radius 2 is 1.88 bits per heavy atom. The van der Waals surface area contributed by atoms with E-state index in [1.165, 1.54) is 56.2 Å². The number of amides is 2. The SMILES string of the molecule is COC1CCC(CN(C)[C@H]2CCC[C@@H]2O[C@@H]2CC(CNC3CCC(=O)NC3=O)=C2C)CC1. The maximum Gasteiger partial charge on any atom is 0.243 e. The minimum absolute atomic E-state index is 0.167. The molecule has 0 spiro atoms. The average molecular weight is 448 g/mol. The van der Waals surface area contributed by atoms with Crippen molar-refractivity contribution in [2.24, 2.45) is 5.92 Å². The van der Waals surface area contributed by atoms with Gasteiger partial charge >= 0.3 is 0 Å². The molecule has 7 nitrogen and oxygen atoms in total. The first kappa shape index (κ1) is 23.9. The maximum atomic E-state index is 11.9. The molecule has 7 heteroatoms. The summed E-state index contributed by atoms with van der Waals surface area (Å²) in [4.78, 5) is 25.8. The van der Waals surface area contributed by atoms with Crippen LogP contribution in [0.3, 0.4) is 0 Å². The molecule has 0 aromatic rings. The molecule has 0 bridgehead atoms. The molecule has 32 heavy (non-hydrogen) atoms. The lowest BCUT2D eigenvalue weighted by Gasteiger charge is -2.39. The van der Waals surface area contributed by atoms with Crippen molar-refractivity contribution in [2.75, 3.05) is 27.2 Å². The first-order chi connectivity index (χ1) is 15.4. The molecule has 1 unspecified atom stereocenters. The van der Waals surface area contributed by atoms with E-state index in [9.17, 15) is 9.59 Å². The van der Waals surface area contributed by atoms with Gasteiger partial charge < -0.3 is 19.7 Å². The minimum Gasteiger partial charge on any atom is -0.381 e. The molecule has 1 saturated heterocycles. The number of nitrogens with one attached hydrogen (secondary N) is 2. The van der Waals surface area contributed by atoms with Crippen LogP contribution < -0.4 is 10.6 Å². The van der Waals surface area contributed by atoms with Crippen LogP contribution in [-0.2, 0) is 19.1 Å². The zero-order chi connectivity index (χ0) is 22.7. The predicted molar refractivity (Wildman–Crippen MR) is 123 cm³/mol. The summed E-state index contributed by atoms with van der Waals surface area (Å²) in [7, 11) is 4.12. The second-order valence-corrected chi connectivity index (χ2v) is 10.4. The van der Waals surface area contributed by atoms with E-state index >= 15 is 0 Å². The molecule has 1 heterocycles. The van der Waals surface area contributed by atoms with E-state index in [1.807, 2.05) is 7.11 Å². The third-order valence-corrected chi connectivity index (χ3v) is 8.27. The van der Waals surface area contributed by atoms with Crippen LogP contribution in [0.1, 0.15) is 71.1 Å². The summed E-state index contributed by atoms with van der Waals surface area (Å²) >= 11 is 0. The molecule has 2 N–H and O–H groups in total. The highest BCUT2D eigenvalue weighted by molar-refractivity contribution is 6.00. The number of carbonyl (C=O) groups is 2. The number of imide groups is 1. The fraction of sp³-hybridized carbons (Fsp3) is 0.840. The van der Waals surface area contributed by atoms with Gasteiger partial charge in [-0.15, -0.1) is 0 Å². The van der Waals surface area contributed by atoms with E-state index in [4.69, 9.17) is 9.47 Å². The number of methoxy groups -OCH3 is 1. The van der Waals surface area contributed by atoms with Crippen LogP contribution in [0, 0.1) is 5.92 Å². The molecular formula is C25H41N3O4.